The maximum atomic E-state index is 9.08. The number of rotatable bonds is 4. The number of nitrogens with zero attached hydrogens (tertiary/aromatic N) is 4. The van der Waals surface area contributed by atoms with Crippen LogP contribution in [0, 0.1) is 11.3 Å². The van der Waals surface area contributed by atoms with Gasteiger partial charge in [0.05, 0.1) is 5.56 Å². The molecule has 3 rings (SSSR count). The Kier molecular flexibility index (Phi) is 4.50. The van der Waals surface area contributed by atoms with E-state index in [-0.39, 0.29) is 0 Å². The predicted molar refractivity (Wildman–Crippen MR) is 86.6 cm³/mol. The summed E-state index contributed by atoms with van der Waals surface area (Å²) in [5.74, 6) is 1.67. The van der Waals surface area contributed by atoms with Gasteiger partial charge in [0.15, 0.2) is 0 Å². The molecule has 112 valence electrons. The average molecular weight is 293 g/mol. The highest BCUT2D eigenvalue weighted by molar-refractivity contribution is 5.52. The highest BCUT2D eigenvalue weighted by atomic mass is 15.2. The van der Waals surface area contributed by atoms with Crippen LogP contribution in [0.2, 0.25) is 0 Å². The van der Waals surface area contributed by atoms with E-state index in [1.807, 2.05) is 12.3 Å². The van der Waals surface area contributed by atoms with Gasteiger partial charge >= 0.3 is 0 Å². The van der Waals surface area contributed by atoms with Crippen LogP contribution in [0.15, 0.2) is 36.7 Å². The fourth-order valence-electron chi connectivity index (χ4n) is 2.69. The molecular formula is C17H19N5. The van der Waals surface area contributed by atoms with Gasteiger partial charge in [-0.05, 0) is 49.1 Å². The molecule has 22 heavy (non-hydrogen) atoms. The van der Waals surface area contributed by atoms with Crippen LogP contribution < -0.4 is 10.2 Å². The molecule has 0 bridgehead atoms. The minimum absolute atomic E-state index is 0.563. The van der Waals surface area contributed by atoms with Crippen molar-refractivity contribution >= 4 is 11.6 Å². The zero-order valence-electron chi connectivity index (χ0n) is 12.5. The minimum atomic E-state index is 0.563. The van der Waals surface area contributed by atoms with Crippen molar-refractivity contribution in [3.8, 4) is 6.07 Å². The molecule has 2 aromatic rings. The first kappa shape index (κ1) is 14.3. The maximum absolute atomic E-state index is 9.08. The van der Waals surface area contributed by atoms with E-state index in [0.717, 1.165) is 24.5 Å². The van der Waals surface area contributed by atoms with Crippen molar-refractivity contribution in [1.29, 1.82) is 5.26 Å². The monoisotopic (exact) mass is 293 g/mol. The van der Waals surface area contributed by atoms with Crippen LogP contribution in [0.25, 0.3) is 0 Å². The van der Waals surface area contributed by atoms with Gasteiger partial charge in [-0.3, -0.25) is 0 Å². The smallest absolute Gasteiger partial charge is 0.144 e. The predicted octanol–water partition coefficient (Wildman–Crippen LogP) is 2.95. The van der Waals surface area contributed by atoms with E-state index >= 15 is 0 Å². The number of anilines is 2. The number of hydrogen-bond donors (Lipinski definition) is 1. The summed E-state index contributed by atoms with van der Waals surface area (Å²) in [7, 11) is 0. The first-order valence-electron chi connectivity index (χ1n) is 7.66. The molecule has 0 unspecified atom stereocenters. The third-order valence-corrected chi connectivity index (χ3v) is 3.88. The second-order valence-corrected chi connectivity index (χ2v) is 5.43. The van der Waals surface area contributed by atoms with Gasteiger partial charge in [-0.1, -0.05) is 0 Å². The number of nitrogens with one attached hydrogen (secondary N) is 1. The van der Waals surface area contributed by atoms with Crippen LogP contribution in [0.5, 0.6) is 0 Å². The zero-order valence-corrected chi connectivity index (χ0v) is 12.5. The number of nitriles is 1. The zero-order chi connectivity index (χ0) is 15.2. The third kappa shape index (κ3) is 3.34. The molecule has 0 saturated carbocycles. The van der Waals surface area contributed by atoms with Crippen molar-refractivity contribution in [2.45, 2.75) is 25.8 Å². The van der Waals surface area contributed by atoms with Gasteiger partial charge in [-0.15, -0.1) is 0 Å². The van der Waals surface area contributed by atoms with Crippen molar-refractivity contribution in [3.05, 3.63) is 47.8 Å². The number of pyridine rings is 2. The van der Waals surface area contributed by atoms with Gasteiger partial charge in [-0.25, -0.2) is 9.97 Å². The first-order chi connectivity index (χ1) is 10.9. The number of piperidine rings is 1. The Balaban J connectivity index is 1.69. The summed E-state index contributed by atoms with van der Waals surface area (Å²) in [6, 6.07) is 9.80. The fourth-order valence-corrected chi connectivity index (χ4v) is 2.69. The molecule has 1 saturated heterocycles. The molecule has 0 aromatic carbocycles. The Morgan fingerprint density at radius 2 is 2.00 bits per heavy atom. The average Bonchev–Trinajstić information content (AvgIpc) is 2.61. The molecule has 2 aromatic heterocycles. The Labute approximate surface area is 130 Å². The molecule has 1 aliphatic rings. The summed E-state index contributed by atoms with van der Waals surface area (Å²) in [5.41, 5.74) is 1.71. The van der Waals surface area contributed by atoms with Crippen molar-refractivity contribution in [3.63, 3.8) is 0 Å². The van der Waals surface area contributed by atoms with Crippen molar-refractivity contribution < 1.29 is 0 Å². The molecule has 0 aliphatic carbocycles. The lowest BCUT2D eigenvalue weighted by atomic mass is 10.1. The lowest BCUT2D eigenvalue weighted by molar-refractivity contribution is 0.573. The largest absolute Gasteiger partial charge is 0.365 e. The van der Waals surface area contributed by atoms with Gasteiger partial charge in [-0.2, -0.15) is 5.26 Å². The van der Waals surface area contributed by atoms with Crippen LogP contribution in [-0.4, -0.2) is 23.1 Å². The Morgan fingerprint density at radius 3 is 2.82 bits per heavy atom. The molecule has 0 spiro atoms. The molecule has 1 fully saturated rings. The van der Waals surface area contributed by atoms with Crippen LogP contribution in [0.1, 0.15) is 30.4 Å². The summed E-state index contributed by atoms with van der Waals surface area (Å²) < 4.78 is 0. The molecule has 0 amide bonds. The Morgan fingerprint density at radius 1 is 1.14 bits per heavy atom. The summed E-state index contributed by atoms with van der Waals surface area (Å²) in [5, 5.41) is 12.3. The highest BCUT2D eigenvalue weighted by Crippen LogP contribution is 2.19. The topological polar surface area (TPSA) is 64.8 Å². The lowest BCUT2D eigenvalue weighted by Gasteiger charge is -2.27. The van der Waals surface area contributed by atoms with Crippen LogP contribution in [0.3, 0.4) is 0 Å². The standard InChI is InChI=1S/C17H19N5/c18-12-15-5-4-7-20-17(15)21-13-14-6-8-19-16(11-14)22-9-2-1-3-10-22/h4-8,11H,1-3,9-10,13H2,(H,20,21). The van der Waals surface area contributed by atoms with E-state index in [1.165, 1.54) is 19.3 Å². The van der Waals surface area contributed by atoms with Gasteiger partial charge in [0.1, 0.15) is 17.7 Å². The summed E-state index contributed by atoms with van der Waals surface area (Å²) in [4.78, 5) is 11.0. The Bertz CT molecular complexity index is 671. The van der Waals surface area contributed by atoms with E-state index in [9.17, 15) is 0 Å². The normalized spacial score (nSPS) is 14.4. The summed E-state index contributed by atoms with van der Waals surface area (Å²) >= 11 is 0. The Hall–Kier alpha value is -2.61. The van der Waals surface area contributed by atoms with Gasteiger partial charge in [0.2, 0.25) is 0 Å². The highest BCUT2D eigenvalue weighted by Gasteiger charge is 2.12. The van der Waals surface area contributed by atoms with Gasteiger partial charge in [0.25, 0.3) is 0 Å². The molecule has 0 atom stereocenters. The lowest BCUT2D eigenvalue weighted by Crippen LogP contribution is -2.30. The van der Waals surface area contributed by atoms with E-state index in [2.05, 4.69) is 32.3 Å². The van der Waals surface area contributed by atoms with E-state index < -0.39 is 0 Å². The second-order valence-electron chi connectivity index (χ2n) is 5.43. The molecular weight excluding hydrogens is 274 g/mol. The van der Waals surface area contributed by atoms with Crippen LogP contribution in [0.4, 0.5) is 11.6 Å². The molecule has 1 aliphatic heterocycles. The second kappa shape index (κ2) is 6.90. The summed E-state index contributed by atoms with van der Waals surface area (Å²) in [6.45, 7) is 2.81. The molecule has 3 heterocycles. The van der Waals surface area contributed by atoms with Crippen LogP contribution >= 0.6 is 0 Å². The van der Waals surface area contributed by atoms with Crippen molar-refractivity contribution in [2.24, 2.45) is 0 Å². The fraction of sp³-hybridized carbons (Fsp3) is 0.353. The third-order valence-electron chi connectivity index (χ3n) is 3.88. The molecule has 5 heteroatoms. The van der Waals surface area contributed by atoms with E-state index in [1.54, 1.807) is 18.3 Å². The van der Waals surface area contributed by atoms with E-state index in [0.29, 0.717) is 17.9 Å². The SMILES string of the molecule is N#Cc1cccnc1NCc1ccnc(N2CCCCC2)c1. The van der Waals surface area contributed by atoms with Crippen LogP contribution in [-0.2, 0) is 6.54 Å². The first-order valence-corrected chi connectivity index (χ1v) is 7.66. The maximum Gasteiger partial charge on any atom is 0.144 e. The molecule has 0 radical (unpaired) electrons. The molecule has 1 N–H and O–H groups in total. The molecule has 5 nitrogen and oxygen atoms in total. The van der Waals surface area contributed by atoms with Gasteiger partial charge < -0.3 is 10.2 Å². The summed E-state index contributed by atoms with van der Waals surface area (Å²) in [6.07, 6.45) is 7.33. The van der Waals surface area contributed by atoms with Crippen molar-refractivity contribution in [1.82, 2.24) is 9.97 Å². The van der Waals surface area contributed by atoms with Crippen molar-refractivity contribution in [2.75, 3.05) is 23.3 Å². The minimum Gasteiger partial charge on any atom is -0.365 e. The number of hydrogen-bond acceptors (Lipinski definition) is 5. The van der Waals surface area contributed by atoms with E-state index in [4.69, 9.17) is 5.26 Å². The van der Waals surface area contributed by atoms with Gasteiger partial charge in [0, 0.05) is 32.0 Å². The number of aromatic nitrogens is 2. The quantitative estimate of drug-likeness (QED) is 0.939.